The fourth-order valence-electron chi connectivity index (χ4n) is 3.23. The summed E-state index contributed by atoms with van der Waals surface area (Å²) < 4.78 is 34.5. The maximum absolute atomic E-state index is 9.08. The number of nitriles is 1. The molecule has 0 bridgehead atoms. The Morgan fingerprint density at radius 1 is 1.21 bits per heavy atom. The normalized spacial score (nSPS) is 19.5. The van der Waals surface area contributed by atoms with Crippen LogP contribution in [0, 0.1) is 17.2 Å². The number of hydrogen-bond acceptors (Lipinski definition) is 5. The first-order chi connectivity index (χ1) is 11.3. The number of piperidine rings is 1. The third kappa shape index (κ3) is 6.11. The zero-order valence-electron chi connectivity index (χ0n) is 14.0. The van der Waals surface area contributed by atoms with E-state index in [0.29, 0.717) is 17.7 Å². The lowest BCUT2D eigenvalue weighted by Crippen LogP contribution is -2.61. The van der Waals surface area contributed by atoms with Gasteiger partial charge in [0.05, 0.1) is 54.5 Å². The van der Waals surface area contributed by atoms with Gasteiger partial charge in [-0.1, -0.05) is 0 Å². The summed E-state index contributed by atoms with van der Waals surface area (Å²) in [6.07, 6.45) is 4.63. The lowest BCUT2D eigenvalue weighted by molar-refractivity contribution is -0.968. The van der Waals surface area contributed by atoms with Crippen molar-refractivity contribution in [3.8, 4) is 11.8 Å². The van der Waals surface area contributed by atoms with Crippen molar-refractivity contribution in [2.75, 3.05) is 39.0 Å². The van der Waals surface area contributed by atoms with Gasteiger partial charge in [-0.3, -0.25) is 0 Å². The molecule has 2 aliphatic heterocycles. The first-order valence-corrected chi connectivity index (χ1v) is 10.0. The van der Waals surface area contributed by atoms with Crippen LogP contribution >= 0.6 is 0 Å². The van der Waals surface area contributed by atoms with Crippen molar-refractivity contribution in [1.82, 2.24) is 0 Å². The third-order valence-electron chi connectivity index (χ3n) is 4.76. The van der Waals surface area contributed by atoms with E-state index in [1.54, 1.807) is 0 Å². The summed E-state index contributed by atoms with van der Waals surface area (Å²) in [4.78, 5) is 0. The summed E-state index contributed by atoms with van der Waals surface area (Å²) >= 11 is 0. The summed E-state index contributed by atoms with van der Waals surface area (Å²) in [5.74, 6) is 1.59. The van der Waals surface area contributed by atoms with Crippen LogP contribution in [0.2, 0.25) is 0 Å². The van der Waals surface area contributed by atoms with Crippen molar-refractivity contribution in [2.45, 2.75) is 19.3 Å². The predicted octanol–water partition coefficient (Wildman–Crippen LogP) is 1.73. The van der Waals surface area contributed by atoms with Crippen LogP contribution in [0.3, 0.4) is 0 Å². The molecule has 2 heterocycles. The number of ether oxygens (including phenoxy) is 1. The smallest absolute Gasteiger partial charge is 0.119 e. The number of nitrogens with zero attached hydrogens (tertiary/aromatic N) is 2. The standard InChI is InChI=1S/C16H21N2O.CH4O3S/c17-12-14-2-4-16(5-3-14)19-13-15-6-10-18(11-7-15)8-1-9-18;1-5(2,3)4/h2-5,15H,1,6-11,13H2;1H3,(H,2,3,4)/q+1;/p-1. The molecule has 6 nitrogen and oxygen atoms in total. The van der Waals surface area contributed by atoms with Crippen molar-refractivity contribution in [1.29, 1.82) is 5.26 Å². The summed E-state index contributed by atoms with van der Waals surface area (Å²) in [6, 6.07) is 9.54. The van der Waals surface area contributed by atoms with Gasteiger partial charge in [-0.25, -0.2) is 8.42 Å². The highest BCUT2D eigenvalue weighted by Gasteiger charge is 2.39. The van der Waals surface area contributed by atoms with Crippen molar-refractivity contribution in [3.63, 3.8) is 0 Å². The van der Waals surface area contributed by atoms with Crippen molar-refractivity contribution in [3.05, 3.63) is 29.8 Å². The molecule has 132 valence electrons. The van der Waals surface area contributed by atoms with Gasteiger partial charge in [0.15, 0.2) is 0 Å². The molecule has 2 saturated heterocycles. The third-order valence-corrected chi connectivity index (χ3v) is 4.76. The summed E-state index contributed by atoms with van der Waals surface area (Å²) in [5.41, 5.74) is 0.689. The second kappa shape index (κ2) is 7.97. The average Bonchev–Trinajstić information content (AvgIpc) is 2.51. The van der Waals surface area contributed by atoms with E-state index in [4.69, 9.17) is 23.0 Å². The summed E-state index contributed by atoms with van der Waals surface area (Å²) in [5, 5.41) is 8.75. The molecule has 1 aromatic carbocycles. The SMILES string of the molecule is CS(=O)(=O)[O-].N#Cc1ccc(OCC2CC[N+]3(CCC3)CC2)cc1. The average molecular weight is 352 g/mol. The monoisotopic (exact) mass is 352 g/mol. The van der Waals surface area contributed by atoms with E-state index in [1.165, 1.54) is 49.9 Å². The van der Waals surface area contributed by atoms with E-state index < -0.39 is 10.1 Å². The Morgan fingerprint density at radius 2 is 1.75 bits per heavy atom. The Labute approximate surface area is 144 Å². The van der Waals surface area contributed by atoms with E-state index in [2.05, 4.69) is 6.07 Å². The minimum absolute atomic E-state index is 0.604. The largest absolute Gasteiger partial charge is 0.748 e. The number of hydrogen-bond donors (Lipinski definition) is 0. The van der Waals surface area contributed by atoms with Gasteiger partial charge < -0.3 is 13.8 Å². The van der Waals surface area contributed by atoms with Gasteiger partial charge >= 0.3 is 0 Å². The lowest BCUT2D eigenvalue weighted by Gasteiger charge is -2.49. The zero-order chi connectivity index (χ0) is 17.6. The maximum Gasteiger partial charge on any atom is 0.119 e. The quantitative estimate of drug-likeness (QED) is 0.610. The van der Waals surface area contributed by atoms with Crippen LogP contribution in [0.4, 0.5) is 0 Å². The van der Waals surface area contributed by atoms with Crippen LogP contribution in [0.15, 0.2) is 24.3 Å². The molecule has 3 rings (SSSR count). The van der Waals surface area contributed by atoms with E-state index >= 15 is 0 Å². The van der Waals surface area contributed by atoms with Gasteiger partial charge in [0, 0.05) is 31.4 Å². The van der Waals surface area contributed by atoms with Crippen molar-refractivity contribution in [2.24, 2.45) is 5.92 Å². The van der Waals surface area contributed by atoms with Gasteiger partial charge in [0.1, 0.15) is 5.75 Å². The van der Waals surface area contributed by atoms with Crippen LogP contribution in [0.5, 0.6) is 5.75 Å². The number of benzene rings is 1. The first-order valence-electron chi connectivity index (χ1n) is 8.19. The van der Waals surface area contributed by atoms with Crippen molar-refractivity contribution < 1.29 is 22.2 Å². The minimum atomic E-state index is -3.92. The molecule has 0 radical (unpaired) electrons. The summed E-state index contributed by atoms with van der Waals surface area (Å²) in [7, 11) is -3.92. The molecular formula is C17H24N2O4S. The second-order valence-corrected chi connectivity index (χ2v) is 8.09. The van der Waals surface area contributed by atoms with Crippen LogP contribution in [-0.2, 0) is 10.1 Å². The van der Waals surface area contributed by atoms with E-state index in [0.717, 1.165) is 12.4 Å². The highest BCUT2D eigenvalue weighted by Crippen LogP contribution is 2.30. The van der Waals surface area contributed by atoms with Crippen LogP contribution in [0.25, 0.3) is 0 Å². The van der Waals surface area contributed by atoms with Gasteiger partial charge in [0.2, 0.25) is 0 Å². The Hall–Kier alpha value is -1.62. The van der Waals surface area contributed by atoms with Crippen LogP contribution < -0.4 is 4.74 Å². The maximum atomic E-state index is 9.08. The van der Waals surface area contributed by atoms with Crippen LogP contribution in [0.1, 0.15) is 24.8 Å². The van der Waals surface area contributed by atoms with Gasteiger partial charge in [-0.05, 0) is 24.3 Å². The molecule has 2 aliphatic rings. The second-order valence-electron chi connectivity index (χ2n) is 6.68. The molecule has 0 N–H and O–H groups in total. The molecule has 1 spiro atoms. The Bertz CT molecular complexity index is 658. The summed E-state index contributed by atoms with van der Waals surface area (Å²) in [6.45, 7) is 6.33. The molecule has 24 heavy (non-hydrogen) atoms. The Balaban J connectivity index is 0.000000368. The Kier molecular flexibility index (Phi) is 6.21. The van der Waals surface area contributed by atoms with Gasteiger partial charge in [-0.2, -0.15) is 5.26 Å². The highest BCUT2D eigenvalue weighted by atomic mass is 32.2. The molecule has 0 amide bonds. The lowest BCUT2D eigenvalue weighted by atomic mass is 9.92. The van der Waals surface area contributed by atoms with E-state index in [-0.39, 0.29) is 0 Å². The van der Waals surface area contributed by atoms with Gasteiger partial charge in [0.25, 0.3) is 0 Å². The van der Waals surface area contributed by atoms with Crippen LogP contribution in [-0.4, -0.2) is 56.5 Å². The topological polar surface area (TPSA) is 90.2 Å². The molecular weight excluding hydrogens is 328 g/mol. The zero-order valence-corrected chi connectivity index (χ0v) is 14.8. The fraction of sp³-hybridized carbons (Fsp3) is 0.588. The Morgan fingerprint density at radius 3 is 2.17 bits per heavy atom. The molecule has 7 heteroatoms. The number of quaternary nitrogens is 1. The number of rotatable bonds is 3. The van der Waals surface area contributed by atoms with Gasteiger partial charge in [-0.15, -0.1) is 0 Å². The molecule has 0 aliphatic carbocycles. The molecule has 0 atom stereocenters. The predicted molar refractivity (Wildman–Crippen MR) is 89.3 cm³/mol. The van der Waals surface area contributed by atoms with E-state index in [1.807, 2.05) is 24.3 Å². The molecule has 0 saturated carbocycles. The fourth-order valence-corrected chi connectivity index (χ4v) is 3.23. The van der Waals surface area contributed by atoms with Crippen molar-refractivity contribution >= 4 is 10.1 Å². The molecule has 0 aromatic heterocycles. The highest BCUT2D eigenvalue weighted by molar-refractivity contribution is 7.84. The van der Waals surface area contributed by atoms with E-state index in [9.17, 15) is 0 Å². The molecule has 0 unspecified atom stereocenters. The molecule has 1 aromatic rings. The molecule has 2 fully saturated rings. The first kappa shape index (κ1) is 18.7. The minimum Gasteiger partial charge on any atom is -0.748 e.